The van der Waals surface area contributed by atoms with E-state index in [9.17, 15) is 0 Å². The second-order valence-corrected chi connectivity index (χ2v) is 4.43. The number of thioether (sulfide) groups is 1. The number of benzene rings is 1. The minimum atomic E-state index is 0.811. The van der Waals surface area contributed by atoms with Crippen LogP contribution >= 0.6 is 36.0 Å². The first-order valence-electron chi connectivity index (χ1n) is 3.82. The minimum absolute atomic E-state index is 0.811. The second kappa shape index (κ2) is 5.79. The summed E-state index contributed by atoms with van der Waals surface area (Å²) in [5.74, 6) is 2.07. The van der Waals surface area contributed by atoms with Gasteiger partial charge in [0.1, 0.15) is 0 Å². The van der Waals surface area contributed by atoms with Crippen LogP contribution in [0.1, 0.15) is 6.42 Å². The maximum Gasteiger partial charge on any atom is 0.0417 e. The predicted molar refractivity (Wildman–Crippen MR) is 60.6 cm³/mol. The Balaban J connectivity index is 2.41. The van der Waals surface area contributed by atoms with E-state index in [0.717, 1.165) is 22.9 Å². The molecule has 12 heavy (non-hydrogen) atoms. The molecule has 0 fully saturated rings. The molecule has 0 saturated carbocycles. The zero-order chi connectivity index (χ0) is 8.81. The highest BCUT2D eigenvalue weighted by molar-refractivity contribution is 7.99. The maximum absolute atomic E-state index is 5.83. The van der Waals surface area contributed by atoms with E-state index in [1.165, 1.54) is 4.90 Å². The quantitative estimate of drug-likeness (QED) is 0.456. The molecule has 0 spiro atoms. The van der Waals surface area contributed by atoms with Gasteiger partial charge in [-0.25, -0.2) is 0 Å². The molecule has 0 atom stereocenters. The molecule has 0 N–H and O–H groups in total. The van der Waals surface area contributed by atoms with Gasteiger partial charge in [-0.2, -0.15) is 12.6 Å². The van der Waals surface area contributed by atoms with Crippen molar-refractivity contribution in [3.05, 3.63) is 29.3 Å². The third-order valence-electron chi connectivity index (χ3n) is 1.37. The van der Waals surface area contributed by atoms with Crippen LogP contribution in [0.25, 0.3) is 0 Å². The fraction of sp³-hybridized carbons (Fsp3) is 0.333. The maximum atomic E-state index is 5.83. The summed E-state index contributed by atoms with van der Waals surface area (Å²) >= 11 is 11.8. The van der Waals surface area contributed by atoms with E-state index >= 15 is 0 Å². The van der Waals surface area contributed by atoms with E-state index in [1.807, 2.05) is 30.0 Å². The summed E-state index contributed by atoms with van der Waals surface area (Å²) in [5, 5.41) is 0.811. The fourth-order valence-corrected chi connectivity index (χ4v) is 2.35. The van der Waals surface area contributed by atoms with Crippen LogP contribution in [0.2, 0.25) is 5.02 Å². The molecule has 0 heterocycles. The van der Waals surface area contributed by atoms with Crippen LogP contribution in [-0.4, -0.2) is 11.5 Å². The van der Waals surface area contributed by atoms with Crippen LogP contribution in [0.5, 0.6) is 0 Å². The summed E-state index contributed by atoms with van der Waals surface area (Å²) in [4.78, 5) is 1.24. The predicted octanol–water partition coefficient (Wildman–Crippen LogP) is 3.75. The normalized spacial score (nSPS) is 10.2. The Bertz CT molecular complexity index is 238. The van der Waals surface area contributed by atoms with Gasteiger partial charge in [0.05, 0.1) is 0 Å². The van der Waals surface area contributed by atoms with Gasteiger partial charge in [-0.3, -0.25) is 0 Å². The second-order valence-electron chi connectivity index (χ2n) is 2.38. The third kappa shape index (κ3) is 3.74. The van der Waals surface area contributed by atoms with E-state index in [4.69, 9.17) is 11.6 Å². The molecule has 0 aliphatic carbocycles. The standard InChI is InChI=1S/C9H11ClS2/c10-8-3-1-4-9(7-8)12-6-2-5-11/h1,3-4,7,11H,2,5-6H2. The van der Waals surface area contributed by atoms with E-state index in [2.05, 4.69) is 18.7 Å². The molecule has 66 valence electrons. The lowest BCUT2D eigenvalue weighted by molar-refractivity contribution is 1.13. The Labute approximate surface area is 88.1 Å². The van der Waals surface area contributed by atoms with E-state index in [1.54, 1.807) is 0 Å². The van der Waals surface area contributed by atoms with E-state index in [0.29, 0.717) is 0 Å². The molecule has 1 aromatic carbocycles. The largest absolute Gasteiger partial charge is 0.179 e. The Morgan fingerprint density at radius 3 is 2.92 bits per heavy atom. The van der Waals surface area contributed by atoms with Crippen LogP contribution < -0.4 is 0 Å². The zero-order valence-corrected chi connectivity index (χ0v) is 9.13. The van der Waals surface area contributed by atoms with Gasteiger partial charge in [-0.05, 0) is 36.1 Å². The number of thiol groups is 1. The molecule has 1 rings (SSSR count). The van der Waals surface area contributed by atoms with Gasteiger partial charge >= 0.3 is 0 Å². The molecule has 0 nitrogen and oxygen atoms in total. The third-order valence-corrected chi connectivity index (χ3v) is 3.00. The lowest BCUT2D eigenvalue weighted by Gasteiger charge is -1.99. The molecular weight excluding hydrogens is 208 g/mol. The van der Waals surface area contributed by atoms with E-state index in [-0.39, 0.29) is 0 Å². The monoisotopic (exact) mass is 218 g/mol. The molecule has 0 radical (unpaired) electrons. The molecule has 0 aromatic heterocycles. The lowest BCUT2D eigenvalue weighted by Crippen LogP contribution is -1.80. The highest BCUT2D eigenvalue weighted by atomic mass is 35.5. The Hall–Kier alpha value is 0.210. The number of hydrogen-bond acceptors (Lipinski definition) is 2. The minimum Gasteiger partial charge on any atom is -0.179 e. The Morgan fingerprint density at radius 2 is 2.25 bits per heavy atom. The summed E-state index contributed by atoms with van der Waals surface area (Å²) < 4.78 is 0. The van der Waals surface area contributed by atoms with Crippen molar-refractivity contribution in [3.8, 4) is 0 Å². The van der Waals surface area contributed by atoms with Crippen molar-refractivity contribution in [1.82, 2.24) is 0 Å². The van der Waals surface area contributed by atoms with Gasteiger partial charge in [0, 0.05) is 9.92 Å². The molecular formula is C9H11ClS2. The molecule has 0 amide bonds. The molecule has 0 unspecified atom stereocenters. The molecule has 3 heteroatoms. The van der Waals surface area contributed by atoms with Gasteiger partial charge in [0.15, 0.2) is 0 Å². The van der Waals surface area contributed by atoms with Crippen molar-refractivity contribution in [2.75, 3.05) is 11.5 Å². The number of halogens is 1. The zero-order valence-electron chi connectivity index (χ0n) is 6.66. The van der Waals surface area contributed by atoms with Crippen molar-refractivity contribution in [2.24, 2.45) is 0 Å². The SMILES string of the molecule is SCCCSc1cccc(Cl)c1. The summed E-state index contributed by atoms with van der Waals surface area (Å²) in [6.07, 6.45) is 1.14. The molecule has 1 aromatic rings. The first-order valence-corrected chi connectivity index (χ1v) is 5.82. The van der Waals surface area contributed by atoms with Crippen LogP contribution in [-0.2, 0) is 0 Å². The van der Waals surface area contributed by atoms with Crippen LogP contribution in [0.15, 0.2) is 29.2 Å². The van der Waals surface area contributed by atoms with Crippen molar-refractivity contribution < 1.29 is 0 Å². The average Bonchev–Trinajstić information content (AvgIpc) is 2.05. The topological polar surface area (TPSA) is 0 Å². The van der Waals surface area contributed by atoms with Gasteiger partial charge in [0.2, 0.25) is 0 Å². The van der Waals surface area contributed by atoms with Gasteiger partial charge in [0.25, 0.3) is 0 Å². The highest BCUT2D eigenvalue weighted by Crippen LogP contribution is 2.21. The van der Waals surface area contributed by atoms with Crippen LogP contribution in [0.3, 0.4) is 0 Å². The van der Waals surface area contributed by atoms with Crippen molar-refractivity contribution >= 4 is 36.0 Å². The summed E-state index contributed by atoms with van der Waals surface area (Å²) in [6, 6.07) is 7.94. The first-order chi connectivity index (χ1) is 5.83. The molecule has 0 aliphatic heterocycles. The van der Waals surface area contributed by atoms with Crippen molar-refractivity contribution in [2.45, 2.75) is 11.3 Å². The first kappa shape index (κ1) is 10.3. The highest BCUT2D eigenvalue weighted by Gasteiger charge is 1.93. The number of rotatable bonds is 4. The van der Waals surface area contributed by atoms with Crippen LogP contribution in [0, 0.1) is 0 Å². The van der Waals surface area contributed by atoms with Crippen molar-refractivity contribution in [3.63, 3.8) is 0 Å². The summed E-state index contributed by atoms with van der Waals surface area (Å²) in [6.45, 7) is 0. The molecule has 0 saturated heterocycles. The van der Waals surface area contributed by atoms with E-state index < -0.39 is 0 Å². The van der Waals surface area contributed by atoms with Gasteiger partial charge in [-0.15, -0.1) is 11.8 Å². The van der Waals surface area contributed by atoms with Crippen LogP contribution in [0.4, 0.5) is 0 Å². The Morgan fingerprint density at radius 1 is 1.42 bits per heavy atom. The molecule has 0 bridgehead atoms. The lowest BCUT2D eigenvalue weighted by atomic mass is 10.4. The van der Waals surface area contributed by atoms with Crippen molar-refractivity contribution in [1.29, 1.82) is 0 Å². The summed E-state index contributed by atoms with van der Waals surface area (Å²) in [7, 11) is 0. The smallest absolute Gasteiger partial charge is 0.0417 e. The fourth-order valence-electron chi connectivity index (χ4n) is 0.811. The Kier molecular flexibility index (Phi) is 4.96. The van der Waals surface area contributed by atoms with Gasteiger partial charge < -0.3 is 0 Å². The summed E-state index contributed by atoms with van der Waals surface area (Å²) in [5.41, 5.74) is 0. The average molecular weight is 219 g/mol. The number of hydrogen-bond donors (Lipinski definition) is 1. The molecule has 0 aliphatic rings. The van der Waals surface area contributed by atoms with Gasteiger partial charge in [-0.1, -0.05) is 17.7 Å².